The van der Waals surface area contributed by atoms with Gasteiger partial charge in [0.2, 0.25) is 0 Å². The summed E-state index contributed by atoms with van der Waals surface area (Å²) in [5, 5.41) is 8.68. The third kappa shape index (κ3) is 4.48. The van der Waals surface area contributed by atoms with Crippen molar-refractivity contribution >= 4 is 5.91 Å². The lowest BCUT2D eigenvalue weighted by Crippen LogP contribution is -2.31. The standard InChI is InChI=1S/C12H21N3O3/c1-15(6-3-2-4-7-16)9-10-5-8-18-11(10)12(17)14-13/h5,8,16H,2-4,6-7,9,13H2,1H3,(H,14,17). The number of hydrazine groups is 1. The van der Waals surface area contributed by atoms with Crippen LogP contribution in [0.2, 0.25) is 0 Å². The topological polar surface area (TPSA) is 91.7 Å². The van der Waals surface area contributed by atoms with E-state index in [0.717, 1.165) is 31.4 Å². The number of nitrogens with zero attached hydrogens (tertiary/aromatic N) is 1. The molecule has 0 saturated carbocycles. The van der Waals surface area contributed by atoms with Crippen molar-refractivity contribution in [2.75, 3.05) is 20.2 Å². The van der Waals surface area contributed by atoms with Gasteiger partial charge in [-0.3, -0.25) is 10.2 Å². The molecule has 0 atom stereocenters. The zero-order valence-corrected chi connectivity index (χ0v) is 10.7. The molecule has 4 N–H and O–H groups in total. The number of aliphatic hydroxyl groups excluding tert-OH is 1. The minimum absolute atomic E-state index is 0.242. The van der Waals surface area contributed by atoms with E-state index >= 15 is 0 Å². The van der Waals surface area contributed by atoms with E-state index in [1.807, 2.05) is 7.05 Å². The van der Waals surface area contributed by atoms with Gasteiger partial charge in [-0.25, -0.2) is 5.84 Å². The first-order chi connectivity index (χ1) is 8.69. The molecule has 1 aromatic heterocycles. The molecule has 1 amide bonds. The minimum atomic E-state index is -0.413. The lowest BCUT2D eigenvalue weighted by atomic mass is 10.2. The molecule has 0 aliphatic carbocycles. The zero-order valence-electron chi connectivity index (χ0n) is 10.7. The number of furan rings is 1. The number of carbonyl (C=O) groups is 1. The maximum absolute atomic E-state index is 11.4. The molecule has 0 aliphatic rings. The lowest BCUT2D eigenvalue weighted by molar-refractivity contribution is 0.0923. The summed E-state index contributed by atoms with van der Waals surface area (Å²) in [6.45, 7) is 1.79. The molecule has 0 radical (unpaired) electrons. The molecule has 1 heterocycles. The number of nitrogens with two attached hydrogens (primary N) is 1. The average Bonchev–Trinajstić information content (AvgIpc) is 2.82. The first kappa shape index (κ1) is 14.7. The molecule has 18 heavy (non-hydrogen) atoms. The Hall–Kier alpha value is -1.37. The van der Waals surface area contributed by atoms with E-state index < -0.39 is 5.91 Å². The molecule has 6 nitrogen and oxygen atoms in total. The molecule has 0 bridgehead atoms. The molecule has 0 spiro atoms. The minimum Gasteiger partial charge on any atom is -0.459 e. The maximum atomic E-state index is 11.4. The molecular formula is C12H21N3O3. The maximum Gasteiger partial charge on any atom is 0.301 e. The predicted molar refractivity (Wildman–Crippen MR) is 67.6 cm³/mol. The van der Waals surface area contributed by atoms with Crippen LogP contribution in [0.3, 0.4) is 0 Å². The number of nitrogens with one attached hydrogen (secondary N) is 1. The summed E-state index contributed by atoms with van der Waals surface area (Å²) in [7, 11) is 1.98. The number of carbonyl (C=O) groups excluding carboxylic acids is 1. The van der Waals surface area contributed by atoms with E-state index in [0.29, 0.717) is 6.54 Å². The Balaban J connectivity index is 2.42. The van der Waals surface area contributed by atoms with Crippen LogP contribution in [0.25, 0.3) is 0 Å². The van der Waals surface area contributed by atoms with Crippen LogP contribution in [0.15, 0.2) is 16.7 Å². The lowest BCUT2D eigenvalue weighted by Gasteiger charge is -2.15. The molecule has 0 saturated heterocycles. The van der Waals surface area contributed by atoms with Crippen LogP contribution >= 0.6 is 0 Å². The highest BCUT2D eigenvalue weighted by Gasteiger charge is 2.15. The number of hydrogen-bond donors (Lipinski definition) is 3. The SMILES string of the molecule is CN(CCCCCO)Cc1ccoc1C(=O)NN. The van der Waals surface area contributed by atoms with Crippen LogP contribution < -0.4 is 11.3 Å². The van der Waals surface area contributed by atoms with Crippen molar-refractivity contribution in [2.45, 2.75) is 25.8 Å². The van der Waals surface area contributed by atoms with Gasteiger partial charge in [0.05, 0.1) is 6.26 Å². The van der Waals surface area contributed by atoms with E-state index in [9.17, 15) is 4.79 Å². The Morgan fingerprint density at radius 1 is 1.50 bits per heavy atom. The highest BCUT2D eigenvalue weighted by Crippen LogP contribution is 2.13. The highest BCUT2D eigenvalue weighted by molar-refractivity contribution is 5.92. The summed E-state index contributed by atoms with van der Waals surface area (Å²) >= 11 is 0. The van der Waals surface area contributed by atoms with E-state index in [1.54, 1.807) is 6.07 Å². The molecule has 102 valence electrons. The number of unbranched alkanes of at least 4 members (excludes halogenated alkanes) is 2. The van der Waals surface area contributed by atoms with Gasteiger partial charge >= 0.3 is 5.91 Å². The number of nitrogen functional groups attached to an aromatic ring is 1. The monoisotopic (exact) mass is 255 g/mol. The van der Waals surface area contributed by atoms with Gasteiger partial charge in [-0.2, -0.15) is 0 Å². The third-order valence-electron chi connectivity index (χ3n) is 2.72. The van der Waals surface area contributed by atoms with Gasteiger partial charge in [-0.05, 0) is 38.9 Å². The Morgan fingerprint density at radius 3 is 2.94 bits per heavy atom. The van der Waals surface area contributed by atoms with Gasteiger partial charge in [0.1, 0.15) is 0 Å². The fraction of sp³-hybridized carbons (Fsp3) is 0.583. The third-order valence-corrected chi connectivity index (χ3v) is 2.72. The van der Waals surface area contributed by atoms with Crippen molar-refractivity contribution in [3.8, 4) is 0 Å². The van der Waals surface area contributed by atoms with Crippen LogP contribution in [-0.4, -0.2) is 36.1 Å². The Bertz CT molecular complexity index is 365. The first-order valence-corrected chi connectivity index (χ1v) is 6.05. The van der Waals surface area contributed by atoms with Crippen molar-refractivity contribution in [1.29, 1.82) is 0 Å². The molecular weight excluding hydrogens is 234 g/mol. The van der Waals surface area contributed by atoms with Crippen LogP contribution in [0, 0.1) is 0 Å². The number of rotatable bonds is 8. The Morgan fingerprint density at radius 2 is 2.28 bits per heavy atom. The highest BCUT2D eigenvalue weighted by atomic mass is 16.3. The normalized spacial score (nSPS) is 10.9. The first-order valence-electron chi connectivity index (χ1n) is 6.05. The quantitative estimate of drug-likeness (QED) is 0.272. The zero-order chi connectivity index (χ0) is 13.4. The van der Waals surface area contributed by atoms with Crippen molar-refractivity contribution in [2.24, 2.45) is 5.84 Å². The summed E-state index contributed by atoms with van der Waals surface area (Å²) in [5.41, 5.74) is 2.88. The van der Waals surface area contributed by atoms with Gasteiger partial charge < -0.3 is 14.4 Å². The summed E-state index contributed by atoms with van der Waals surface area (Å²) in [6.07, 6.45) is 4.34. The number of amides is 1. The fourth-order valence-electron chi connectivity index (χ4n) is 1.77. The van der Waals surface area contributed by atoms with Crippen LogP contribution in [0.5, 0.6) is 0 Å². The van der Waals surface area contributed by atoms with Crippen molar-refractivity contribution in [3.63, 3.8) is 0 Å². The summed E-state index contributed by atoms with van der Waals surface area (Å²) in [6, 6.07) is 1.77. The van der Waals surface area contributed by atoms with E-state index in [4.69, 9.17) is 15.4 Å². The number of hydrogen-bond acceptors (Lipinski definition) is 5. The van der Waals surface area contributed by atoms with Crippen LogP contribution in [-0.2, 0) is 6.54 Å². The van der Waals surface area contributed by atoms with Crippen LogP contribution in [0.1, 0.15) is 35.4 Å². The summed E-state index contributed by atoms with van der Waals surface area (Å²) < 4.78 is 5.11. The van der Waals surface area contributed by atoms with Gasteiger partial charge in [0.25, 0.3) is 0 Å². The predicted octanol–water partition coefficient (Wildman–Crippen LogP) is 0.477. The smallest absolute Gasteiger partial charge is 0.301 e. The fourth-order valence-corrected chi connectivity index (χ4v) is 1.77. The molecule has 0 aliphatic heterocycles. The second-order valence-electron chi connectivity index (χ2n) is 4.27. The summed E-state index contributed by atoms with van der Waals surface area (Å²) in [5.74, 6) is 4.93. The Kier molecular flexibility index (Phi) is 6.42. The second-order valence-corrected chi connectivity index (χ2v) is 4.27. The molecule has 1 aromatic rings. The molecule has 1 rings (SSSR count). The van der Waals surface area contributed by atoms with E-state index in [2.05, 4.69) is 10.3 Å². The van der Waals surface area contributed by atoms with Crippen molar-refractivity contribution in [3.05, 3.63) is 23.7 Å². The Labute approximate surface area is 107 Å². The van der Waals surface area contributed by atoms with Gasteiger partial charge in [-0.1, -0.05) is 0 Å². The van der Waals surface area contributed by atoms with E-state index in [1.165, 1.54) is 6.26 Å². The van der Waals surface area contributed by atoms with Crippen molar-refractivity contribution in [1.82, 2.24) is 10.3 Å². The van der Waals surface area contributed by atoms with E-state index in [-0.39, 0.29) is 12.4 Å². The molecule has 0 aromatic carbocycles. The average molecular weight is 255 g/mol. The largest absolute Gasteiger partial charge is 0.459 e. The van der Waals surface area contributed by atoms with Gasteiger partial charge in [-0.15, -0.1) is 0 Å². The summed E-state index contributed by atoms with van der Waals surface area (Å²) in [4.78, 5) is 13.5. The van der Waals surface area contributed by atoms with Gasteiger partial charge in [0.15, 0.2) is 5.76 Å². The molecule has 0 fully saturated rings. The number of aliphatic hydroxyl groups is 1. The van der Waals surface area contributed by atoms with Crippen molar-refractivity contribution < 1.29 is 14.3 Å². The molecule has 6 heteroatoms. The van der Waals surface area contributed by atoms with Gasteiger partial charge in [0, 0.05) is 18.7 Å². The second kappa shape index (κ2) is 7.86. The van der Waals surface area contributed by atoms with Crippen LogP contribution in [0.4, 0.5) is 0 Å². The molecule has 0 unspecified atom stereocenters.